The van der Waals surface area contributed by atoms with E-state index < -0.39 is 21.7 Å². The highest BCUT2D eigenvalue weighted by Gasteiger charge is 2.25. The number of pyridine rings is 1. The molecule has 0 aliphatic carbocycles. The molecule has 1 heterocycles. The molecule has 0 radical (unpaired) electrons. The predicted octanol–water partition coefficient (Wildman–Crippen LogP) is 6.04. The minimum absolute atomic E-state index is 0.124. The number of carbonyl (C=O) groups excluding carboxylic acids is 1. The largest absolute Gasteiger partial charge is 0.386 e. The molecule has 0 unspecified atom stereocenters. The molecule has 36 heavy (non-hydrogen) atoms. The molecule has 0 atom stereocenters. The van der Waals surface area contributed by atoms with E-state index in [0.29, 0.717) is 16.8 Å². The molecular weight excluding hydrogens is 474 g/mol. The van der Waals surface area contributed by atoms with Gasteiger partial charge in [-0.3, -0.25) is 4.98 Å². The van der Waals surface area contributed by atoms with Gasteiger partial charge < -0.3 is 10.4 Å². The number of nitrogens with one attached hydrogen (secondary N) is 2. The van der Waals surface area contributed by atoms with E-state index in [1.165, 1.54) is 12.1 Å². The van der Waals surface area contributed by atoms with Crippen molar-refractivity contribution in [2.24, 2.45) is 0 Å². The molecule has 2 aromatic carbocycles. The van der Waals surface area contributed by atoms with Crippen LogP contribution in [0.25, 0.3) is 11.1 Å². The van der Waals surface area contributed by atoms with Crippen molar-refractivity contribution in [3.63, 3.8) is 0 Å². The van der Waals surface area contributed by atoms with Crippen molar-refractivity contribution in [2.45, 2.75) is 70.8 Å². The van der Waals surface area contributed by atoms with Crippen molar-refractivity contribution in [1.82, 2.24) is 9.71 Å². The highest BCUT2D eigenvalue weighted by molar-refractivity contribution is 7.90. The number of amides is 2. The second-order valence-corrected chi connectivity index (χ2v) is 11.9. The standard InChI is InChI=1S/C28H35N3O4S/c1-17(2)24-12-19(5)13-25(18(3)4)26(24)30-27(32)31-36(34,35)23-15-21(20-8-10-29-11-9-20)14-22(16-23)28(6,7)33/h8-18,33H,1-7H3,(H2,30,31,32). The number of anilines is 1. The summed E-state index contributed by atoms with van der Waals surface area (Å²) in [5.74, 6) is 0.251. The Hall–Kier alpha value is -3.23. The summed E-state index contributed by atoms with van der Waals surface area (Å²) >= 11 is 0. The molecule has 0 fully saturated rings. The SMILES string of the molecule is Cc1cc(C(C)C)c(NC(=O)NS(=O)(=O)c2cc(-c3ccncc3)cc(C(C)(C)O)c2)c(C(C)C)c1. The fraction of sp³-hybridized carbons (Fsp3) is 0.357. The van der Waals surface area contributed by atoms with Gasteiger partial charge in [-0.25, -0.2) is 17.9 Å². The molecule has 0 spiro atoms. The fourth-order valence-corrected chi connectivity index (χ4v) is 5.01. The molecule has 0 aliphatic heterocycles. The van der Waals surface area contributed by atoms with Gasteiger partial charge >= 0.3 is 6.03 Å². The van der Waals surface area contributed by atoms with Crippen molar-refractivity contribution < 1.29 is 18.3 Å². The lowest BCUT2D eigenvalue weighted by atomic mass is 9.90. The number of aryl methyl sites for hydroxylation is 1. The molecule has 8 heteroatoms. The van der Waals surface area contributed by atoms with Gasteiger partial charge in [0.25, 0.3) is 10.0 Å². The molecule has 0 saturated carbocycles. The van der Waals surface area contributed by atoms with Crippen LogP contribution in [0.5, 0.6) is 0 Å². The number of aromatic nitrogens is 1. The van der Waals surface area contributed by atoms with Crippen LogP contribution in [0.2, 0.25) is 0 Å². The number of hydrogen-bond donors (Lipinski definition) is 3. The minimum Gasteiger partial charge on any atom is -0.386 e. The van der Waals surface area contributed by atoms with Gasteiger partial charge in [-0.05, 0) is 90.8 Å². The molecule has 3 aromatic rings. The van der Waals surface area contributed by atoms with E-state index in [0.717, 1.165) is 22.3 Å². The maximum atomic E-state index is 13.3. The van der Waals surface area contributed by atoms with E-state index in [1.54, 1.807) is 44.4 Å². The Morgan fingerprint density at radius 1 is 0.917 bits per heavy atom. The first-order valence-electron chi connectivity index (χ1n) is 12.0. The summed E-state index contributed by atoms with van der Waals surface area (Å²) in [6, 6.07) is 11.3. The maximum absolute atomic E-state index is 13.3. The number of carbonyl (C=O) groups is 1. The third-order valence-corrected chi connectivity index (χ3v) is 7.30. The normalized spacial score (nSPS) is 12.2. The smallest absolute Gasteiger partial charge is 0.333 e. The second kappa shape index (κ2) is 10.4. The monoisotopic (exact) mass is 509 g/mol. The van der Waals surface area contributed by atoms with Crippen molar-refractivity contribution in [1.29, 1.82) is 0 Å². The Morgan fingerprint density at radius 2 is 1.47 bits per heavy atom. The van der Waals surface area contributed by atoms with Crippen molar-refractivity contribution >= 4 is 21.7 Å². The van der Waals surface area contributed by atoms with E-state index in [1.807, 2.05) is 46.8 Å². The van der Waals surface area contributed by atoms with Gasteiger partial charge in [-0.15, -0.1) is 0 Å². The van der Waals surface area contributed by atoms with Gasteiger partial charge in [0.15, 0.2) is 0 Å². The molecular formula is C28H35N3O4S. The minimum atomic E-state index is -4.26. The molecule has 0 aliphatic rings. The Bertz CT molecular complexity index is 1330. The number of hydrogen-bond acceptors (Lipinski definition) is 5. The first kappa shape index (κ1) is 27.4. The van der Waals surface area contributed by atoms with Crippen LogP contribution < -0.4 is 10.0 Å². The van der Waals surface area contributed by atoms with Crippen molar-refractivity contribution in [2.75, 3.05) is 5.32 Å². The number of nitrogens with zero attached hydrogens (tertiary/aromatic N) is 1. The zero-order valence-corrected chi connectivity index (χ0v) is 22.7. The summed E-state index contributed by atoms with van der Waals surface area (Å²) in [4.78, 5) is 16.9. The summed E-state index contributed by atoms with van der Waals surface area (Å²) < 4.78 is 28.8. The van der Waals surface area contributed by atoms with Gasteiger partial charge in [-0.1, -0.05) is 45.4 Å². The molecule has 192 valence electrons. The van der Waals surface area contributed by atoms with Crippen LogP contribution in [0.3, 0.4) is 0 Å². The molecule has 3 N–H and O–H groups in total. The summed E-state index contributed by atoms with van der Waals surface area (Å²) in [7, 11) is -4.26. The third-order valence-electron chi connectivity index (χ3n) is 5.99. The summed E-state index contributed by atoms with van der Waals surface area (Å²) in [5.41, 5.74) is 4.01. The van der Waals surface area contributed by atoms with Crippen LogP contribution in [0.1, 0.15) is 75.6 Å². The highest BCUT2D eigenvalue weighted by Crippen LogP contribution is 2.34. The Labute approximate surface area is 214 Å². The number of aliphatic hydroxyl groups is 1. The number of rotatable bonds is 7. The Kier molecular flexibility index (Phi) is 7.91. The molecule has 3 rings (SSSR count). The summed E-state index contributed by atoms with van der Waals surface area (Å²) in [6.45, 7) is 13.3. The summed E-state index contributed by atoms with van der Waals surface area (Å²) in [6.07, 6.45) is 3.21. The van der Waals surface area contributed by atoms with E-state index in [2.05, 4.69) is 15.0 Å². The lowest BCUT2D eigenvalue weighted by molar-refractivity contribution is 0.0784. The van der Waals surface area contributed by atoms with E-state index in [-0.39, 0.29) is 16.7 Å². The van der Waals surface area contributed by atoms with Gasteiger partial charge in [0, 0.05) is 18.1 Å². The van der Waals surface area contributed by atoms with E-state index in [9.17, 15) is 18.3 Å². The summed E-state index contributed by atoms with van der Waals surface area (Å²) in [5, 5.41) is 13.4. The number of benzene rings is 2. The molecule has 7 nitrogen and oxygen atoms in total. The van der Waals surface area contributed by atoms with Crippen molar-refractivity contribution in [3.8, 4) is 11.1 Å². The maximum Gasteiger partial charge on any atom is 0.333 e. The molecule has 0 bridgehead atoms. The fourth-order valence-electron chi connectivity index (χ4n) is 4.04. The van der Waals surface area contributed by atoms with Crippen LogP contribution >= 0.6 is 0 Å². The van der Waals surface area contributed by atoms with Crippen LogP contribution in [0, 0.1) is 6.92 Å². The van der Waals surface area contributed by atoms with Crippen LogP contribution in [-0.4, -0.2) is 24.5 Å². The Balaban J connectivity index is 2.00. The van der Waals surface area contributed by atoms with Crippen LogP contribution in [-0.2, 0) is 15.6 Å². The zero-order chi connectivity index (χ0) is 26.8. The highest BCUT2D eigenvalue weighted by atomic mass is 32.2. The van der Waals surface area contributed by atoms with E-state index in [4.69, 9.17) is 0 Å². The Morgan fingerprint density at radius 3 is 1.97 bits per heavy atom. The average molecular weight is 510 g/mol. The van der Waals surface area contributed by atoms with Gasteiger partial charge in [0.2, 0.25) is 0 Å². The van der Waals surface area contributed by atoms with Crippen LogP contribution in [0.4, 0.5) is 10.5 Å². The van der Waals surface area contributed by atoms with Gasteiger partial charge in [0.1, 0.15) is 0 Å². The average Bonchev–Trinajstić information content (AvgIpc) is 2.79. The third kappa shape index (κ3) is 6.30. The first-order chi connectivity index (χ1) is 16.7. The quantitative estimate of drug-likeness (QED) is 0.360. The lowest BCUT2D eigenvalue weighted by Crippen LogP contribution is -2.35. The van der Waals surface area contributed by atoms with Crippen molar-refractivity contribution in [3.05, 3.63) is 77.1 Å². The number of urea groups is 1. The van der Waals surface area contributed by atoms with Crippen LogP contribution in [0.15, 0.2) is 59.8 Å². The second-order valence-electron chi connectivity index (χ2n) is 10.2. The zero-order valence-electron chi connectivity index (χ0n) is 21.9. The molecule has 2 amide bonds. The van der Waals surface area contributed by atoms with Gasteiger partial charge in [0.05, 0.1) is 10.5 Å². The predicted molar refractivity (Wildman–Crippen MR) is 144 cm³/mol. The molecule has 1 aromatic heterocycles. The first-order valence-corrected chi connectivity index (χ1v) is 13.4. The van der Waals surface area contributed by atoms with E-state index >= 15 is 0 Å². The lowest BCUT2D eigenvalue weighted by Gasteiger charge is -2.22. The topological polar surface area (TPSA) is 108 Å². The van der Waals surface area contributed by atoms with Gasteiger partial charge in [-0.2, -0.15) is 0 Å². The molecule has 0 saturated heterocycles. The number of sulfonamides is 1.